The van der Waals surface area contributed by atoms with Gasteiger partial charge in [-0.15, -0.1) is 0 Å². The first-order valence-corrected chi connectivity index (χ1v) is 12.8. The number of sulfonamides is 1. The lowest BCUT2D eigenvalue weighted by Crippen LogP contribution is -2.52. The predicted molar refractivity (Wildman–Crippen MR) is 128 cm³/mol. The summed E-state index contributed by atoms with van der Waals surface area (Å²) >= 11 is 6.00. The molecule has 2 aromatic carbocycles. The molecule has 1 saturated heterocycles. The molecule has 1 amide bonds. The maximum absolute atomic E-state index is 12.9. The summed E-state index contributed by atoms with van der Waals surface area (Å²) in [4.78, 5) is 13.1. The Hall–Kier alpha value is -1.93. The van der Waals surface area contributed by atoms with E-state index in [-0.39, 0.29) is 28.7 Å². The second-order valence-corrected chi connectivity index (χ2v) is 11.0. The molecule has 8 heteroatoms. The van der Waals surface area contributed by atoms with Gasteiger partial charge in [0.1, 0.15) is 0 Å². The molecule has 32 heavy (non-hydrogen) atoms. The van der Waals surface area contributed by atoms with Gasteiger partial charge in [-0.05, 0) is 49.1 Å². The molecule has 0 aromatic heterocycles. The van der Waals surface area contributed by atoms with Crippen LogP contribution in [0.15, 0.2) is 53.4 Å². The van der Waals surface area contributed by atoms with Gasteiger partial charge >= 0.3 is 0 Å². The van der Waals surface area contributed by atoms with Crippen molar-refractivity contribution in [1.29, 1.82) is 0 Å². The zero-order valence-corrected chi connectivity index (χ0v) is 20.3. The van der Waals surface area contributed by atoms with Crippen molar-refractivity contribution in [3.05, 3.63) is 64.7 Å². The summed E-state index contributed by atoms with van der Waals surface area (Å²) in [5.74, 6) is 0.155. The quantitative estimate of drug-likeness (QED) is 0.543. The van der Waals surface area contributed by atoms with Crippen LogP contribution >= 0.6 is 11.6 Å². The van der Waals surface area contributed by atoms with Crippen LogP contribution in [0, 0.1) is 18.8 Å². The highest BCUT2D eigenvalue weighted by atomic mass is 35.5. The van der Waals surface area contributed by atoms with E-state index in [0.717, 1.165) is 11.1 Å². The molecule has 1 aliphatic heterocycles. The highest BCUT2D eigenvalue weighted by molar-refractivity contribution is 7.89. The number of piperidine rings is 1. The van der Waals surface area contributed by atoms with E-state index < -0.39 is 10.0 Å². The number of amides is 1. The Labute approximate surface area is 196 Å². The second kappa shape index (κ2) is 10.8. The molecule has 0 aliphatic carbocycles. The Kier molecular flexibility index (Phi) is 8.33. The molecule has 0 bridgehead atoms. The highest BCUT2D eigenvalue weighted by Crippen LogP contribution is 2.25. The van der Waals surface area contributed by atoms with Crippen molar-refractivity contribution in [1.82, 2.24) is 15.4 Å². The van der Waals surface area contributed by atoms with Crippen molar-refractivity contribution < 1.29 is 13.2 Å². The molecule has 3 unspecified atom stereocenters. The van der Waals surface area contributed by atoms with Crippen LogP contribution in [0.1, 0.15) is 37.3 Å². The van der Waals surface area contributed by atoms with Crippen LogP contribution in [-0.2, 0) is 14.8 Å². The van der Waals surface area contributed by atoms with Crippen LogP contribution < -0.4 is 15.4 Å². The number of hydrogen-bond acceptors (Lipinski definition) is 4. The summed E-state index contributed by atoms with van der Waals surface area (Å²) in [7, 11) is -3.63. The van der Waals surface area contributed by atoms with Gasteiger partial charge in [0, 0.05) is 36.6 Å². The fraction of sp³-hybridized carbons (Fsp3) is 0.458. The van der Waals surface area contributed by atoms with Gasteiger partial charge in [-0.1, -0.05) is 55.3 Å². The van der Waals surface area contributed by atoms with E-state index in [9.17, 15) is 13.2 Å². The smallest absolute Gasteiger partial charge is 0.240 e. The molecule has 3 N–H and O–H groups in total. The number of benzene rings is 2. The van der Waals surface area contributed by atoms with Crippen LogP contribution in [0.5, 0.6) is 0 Å². The maximum Gasteiger partial charge on any atom is 0.240 e. The Balaban J connectivity index is 1.58. The largest absolute Gasteiger partial charge is 0.355 e. The van der Waals surface area contributed by atoms with Gasteiger partial charge in [0.2, 0.25) is 15.9 Å². The Bertz CT molecular complexity index is 1010. The fourth-order valence-corrected chi connectivity index (χ4v) is 5.41. The van der Waals surface area contributed by atoms with E-state index in [1.54, 1.807) is 24.3 Å². The van der Waals surface area contributed by atoms with Crippen LogP contribution in [0.4, 0.5) is 0 Å². The van der Waals surface area contributed by atoms with Gasteiger partial charge in [-0.2, -0.15) is 0 Å². The van der Waals surface area contributed by atoms with Gasteiger partial charge in [-0.25, -0.2) is 13.1 Å². The third-order valence-electron chi connectivity index (χ3n) is 5.97. The second-order valence-electron chi connectivity index (χ2n) is 8.87. The average molecular weight is 478 g/mol. The van der Waals surface area contributed by atoms with E-state index >= 15 is 0 Å². The molecular formula is C24H32ClN3O3S. The van der Waals surface area contributed by atoms with Crippen LogP contribution in [0.25, 0.3) is 0 Å². The van der Waals surface area contributed by atoms with Crippen molar-refractivity contribution in [2.24, 2.45) is 11.8 Å². The lowest BCUT2D eigenvalue weighted by molar-refractivity contribution is -0.125. The molecule has 1 heterocycles. The summed E-state index contributed by atoms with van der Waals surface area (Å²) in [6.07, 6.45) is 0.456. The minimum atomic E-state index is -3.63. The van der Waals surface area contributed by atoms with Crippen LogP contribution in [-0.4, -0.2) is 40.0 Å². The first-order chi connectivity index (χ1) is 15.2. The average Bonchev–Trinajstić information content (AvgIpc) is 2.75. The molecule has 0 radical (unpaired) electrons. The van der Waals surface area contributed by atoms with E-state index in [0.29, 0.717) is 37.0 Å². The first kappa shape index (κ1) is 24.7. The van der Waals surface area contributed by atoms with Crippen molar-refractivity contribution >= 4 is 27.5 Å². The number of rotatable bonds is 8. The topological polar surface area (TPSA) is 87.3 Å². The minimum absolute atomic E-state index is 0.0589. The molecule has 2 aromatic rings. The van der Waals surface area contributed by atoms with Crippen molar-refractivity contribution in [2.45, 2.75) is 44.0 Å². The van der Waals surface area contributed by atoms with Gasteiger partial charge in [0.25, 0.3) is 0 Å². The van der Waals surface area contributed by atoms with E-state index in [4.69, 9.17) is 11.6 Å². The maximum atomic E-state index is 12.9. The summed E-state index contributed by atoms with van der Waals surface area (Å²) in [6.45, 7) is 7.71. The third-order valence-corrected chi connectivity index (χ3v) is 7.76. The molecule has 6 nitrogen and oxygen atoms in total. The molecule has 3 rings (SSSR count). The highest BCUT2D eigenvalue weighted by Gasteiger charge is 2.30. The van der Waals surface area contributed by atoms with E-state index in [1.165, 1.54) is 0 Å². The van der Waals surface area contributed by atoms with Crippen molar-refractivity contribution in [2.75, 3.05) is 19.6 Å². The van der Waals surface area contributed by atoms with Crippen LogP contribution in [0.2, 0.25) is 5.02 Å². The van der Waals surface area contributed by atoms with Crippen LogP contribution in [0.3, 0.4) is 0 Å². The summed E-state index contributed by atoms with van der Waals surface area (Å²) in [5, 5.41) is 6.96. The van der Waals surface area contributed by atoms with Crippen molar-refractivity contribution in [3.8, 4) is 0 Å². The lowest BCUT2D eigenvalue weighted by atomic mass is 9.88. The number of nitrogens with one attached hydrogen (secondary N) is 3. The number of hydrogen-bond donors (Lipinski definition) is 3. The predicted octanol–water partition coefficient (Wildman–Crippen LogP) is 3.46. The number of aryl methyl sites for hydroxylation is 1. The zero-order chi connectivity index (χ0) is 23.3. The molecule has 3 atom stereocenters. The monoisotopic (exact) mass is 477 g/mol. The number of carbonyl (C=O) groups excluding carboxylic acids is 1. The molecule has 174 valence electrons. The Morgan fingerprint density at radius 3 is 2.38 bits per heavy atom. The summed E-state index contributed by atoms with van der Waals surface area (Å²) < 4.78 is 28.2. The summed E-state index contributed by atoms with van der Waals surface area (Å²) in [6, 6.07) is 14.1. The lowest BCUT2D eigenvalue weighted by Gasteiger charge is -2.30. The minimum Gasteiger partial charge on any atom is -0.355 e. The van der Waals surface area contributed by atoms with Gasteiger partial charge in [-0.3, -0.25) is 4.79 Å². The Morgan fingerprint density at radius 1 is 1.09 bits per heavy atom. The molecule has 0 spiro atoms. The molecule has 1 fully saturated rings. The number of carbonyl (C=O) groups is 1. The Morgan fingerprint density at radius 2 is 1.75 bits per heavy atom. The molecule has 0 saturated carbocycles. The first-order valence-electron chi connectivity index (χ1n) is 11.0. The zero-order valence-electron chi connectivity index (χ0n) is 18.8. The van der Waals surface area contributed by atoms with E-state index in [1.807, 2.05) is 31.2 Å². The van der Waals surface area contributed by atoms with Crippen molar-refractivity contribution in [3.63, 3.8) is 0 Å². The van der Waals surface area contributed by atoms with Gasteiger partial charge in [0.15, 0.2) is 0 Å². The van der Waals surface area contributed by atoms with E-state index in [2.05, 4.69) is 29.2 Å². The molecular weight excluding hydrogens is 446 g/mol. The third kappa shape index (κ3) is 6.54. The SMILES string of the molecule is Cc1ccc(S(=O)(=O)NC2CNCC(C(=O)NCC(c3ccc(Cl)cc3)C(C)C)C2)cc1. The van der Waals surface area contributed by atoms with Gasteiger partial charge in [0.05, 0.1) is 10.8 Å². The fourth-order valence-electron chi connectivity index (χ4n) is 4.04. The normalized spacial score (nSPS) is 20.2. The van der Waals surface area contributed by atoms with Gasteiger partial charge < -0.3 is 10.6 Å². The molecule has 1 aliphatic rings. The number of halogens is 1. The standard InChI is InChI=1S/C24H32ClN3O3S/c1-16(2)23(18-6-8-20(25)9-7-18)15-27-24(29)19-12-21(14-26-13-19)28-32(30,31)22-10-4-17(3)5-11-22/h4-11,16,19,21,23,26,28H,12-15H2,1-3H3,(H,27,29). The summed E-state index contributed by atoms with van der Waals surface area (Å²) in [5.41, 5.74) is 2.13.